The van der Waals surface area contributed by atoms with Gasteiger partial charge in [-0.15, -0.1) is 0 Å². The minimum atomic E-state index is 0.338. The highest BCUT2D eigenvalue weighted by Crippen LogP contribution is 2.06. The zero-order valence-electron chi connectivity index (χ0n) is 9.67. The number of hydrogen-bond donors (Lipinski definition) is 1. The topological polar surface area (TPSA) is 20.2 Å². The lowest BCUT2D eigenvalue weighted by molar-refractivity contribution is 0.285. The number of hydrogen-bond acceptors (Lipinski definition) is 1. The molecule has 0 radical (unpaired) electrons. The first-order valence-electron chi connectivity index (χ1n) is 6.17. The molecular formula is C13H26O. The van der Waals surface area contributed by atoms with E-state index in [2.05, 4.69) is 19.1 Å². The Morgan fingerprint density at radius 2 is 1.36 bits per heavy atom. The maximum atomic E-state index is 8.57. The Balaban J connectivity index is 2.96. The summed E-state index contributed by atoms with van der Waals surface area (Å²) in [5.74, 6) is 0. The third-order valence-electron chi connectivity index (χ3n) is 2.42. The molecule has 0 amide bonds. The normalized spacial score (nSPS) is 11.3. The molecule has 0 spiro atoms. The highest BCUT2D eigenvalue weighted by molar-refractivity contribution is 4.81. The second-order valence-corrected chi connectivity index (χ2v) is 3.89. The van der Waals surface area contributed by atoms with Crippen molar-refractivity contribution in [3.05, 3.63) is 12.2 Å². The van der Waals surface area contributed by atoms with Gasteiger partial charge in [-0.2, -0.15) is 0 Å². The molecule has 0 unspecified atom stereocenters. The molecule has 0 aromatic carbocycles. The molecular weight excluding hydrogens is 172 g/mol. The lowest BCUT2D eigenvalue weighted by atomic mass is 10.1. The van der Waals surface area contributed by atoms with Crippen molar-refractivity contribution in [3.8, 4) is 0 Å². The Labute approximate surface area is 89.2 Å². The van der Waals surface area contributed by atoms with Crippen LogP contribution in [-0.2, 0) is 0 Å². The van der Waals surface area contributed by atoms with Crippen LogP contribution in [0.1, 0.15) is 64.7 Å². The Morgan fingerprint density at radius 1 is 0.786 bits per heavy atom. The van der Waals surface area contributed by atoms with Crippen LogP contribution in [0, 0.1) is 0 Å². The molecule has 0 atom stereocenters. The van der Waals surface area contributed by atoms with E-state index in [0.717, 1.165) is 19.3 Å². The highest BCUT2D eigenvalue weighted by Gasteiger charge is 1.86. The van der Waals surface area contributed by atoms with Crippen LogP contribution in [0.15, 0.2) is 12.2 Å². The third-order valence-corrected chi connectivity index (χ3v) is 2.42. The second kappa shape index (κ2) is 12.7. The molecule has 0 bridgehead atoms. The molecule has 0 saturated carbocycles. The lowest BCUT2D eigenvalue weighted by Crippen LogP contribution is -1.80. The van der Waals surface area contributed by atoms with Crippen LogP contribution in [0.4, 0.5) is 0 Å². The first-order chi connectivity index (χ1) is 6.91. The van der Waals surface area contributed by atoms with Gasteiger partial charge in [0, 0.05) is 6.61 Å². The number of rotatable bonds is 10. The minimum absolute atomic E-state index is 0.338. The zero-order chi connectivity index (χ0) is 10.5. The molecule has 0 aliphatic rings. The summed E-state index contributed by atoms with van der Waals surface area (Å²) in [5.41, 5.74) is 0. The van der Waals surface area contributed by atoms with E-state index in [-0.39, 0.29) is 0 Å². The average Bonchev–Trinajstić information content (AvgIpc) is 2.21. The fourth-order valence-electron chi connectivity index (χ4n) is 1.48. The molecule has 0 rings (SSSR count). The number of aliphatic hydroxyl groups excluding tert-OH is 1. The van der Waals surface area contributed by atoms with Gasteiger partial charge in [0.1, 0.15) is 0 Å². The molecule has 1 N–H and O–H groups in total. The van der Waals surface area contributed by atoms with E-state index in [1.807, 2.05) is 0 Å². The molecule has 0 aromatic rings. The van der Waals surface area contributed by atoms with Crippen molar-refractivity contribution < 1.29 is 5.11 Å². The van der Waals surface area contributed by atoms with Gasteiger partial charge in [0.05, 0.1) is 0 Å². The van der Waals surface area contributed by atoms with Crippen LogP contribution in [-0.4, -0.2) is 11.7 Å². The van der Waals surface area contributed by atoms with Crippen LogP contribution < -0.4 is 0 Å². The Morgan fingerprint density at radius 3 is 1.93 bits per heavy atom. The van der Waals surface area contributed by atoms with E-state index < -0.39 is 0 Å². The van der Waals surface area contributed by atoms with Crippen molar-refractivity contribution in [3.63, 3.8) is 0 Å². The van der Waals surface area contributed by atoms with Crippen molar-refractivity contribution >= 4 is 0 Å². The summed E-state index contributed by atoms with van der Waals surface area (Å²) in [6.07, 6.45) is 15.8. The first-order valence-corrected chi connectivity index (χ1v) is 6.17. The molecule has 84 valence electrons. The largest absolute Gasteiger partial charge is 0.396 e. The van der Waals surface area contributed by atoms with Gasteiger partial charge >= 0.3 is 0 Å². The SMILES string of the molecule is CCCCCCC/C=C\CCCCO. The van der Waals surface area contributed by atoms with Gasteiger partial charge in [-0.25, -0.2) is 0 Å². The first kappa shape index (κ1) is 13.7. The van der Waals surface area contributed by atoms with Gasteiger partial charge in [0.15, 0.2) is 0 Å². The van der Waals surface area contributed by atoms with Crippen molar-refractivity contribution in [1.82, 2.24) is 0 Å². The monoisotopic (exact) mass is 198 g/mol. The summed E-state index contributed by atoms with van der Waals surface area (Å²) in [5, 5.41) is 8.57. The van der Waals surface area contributed by atoms with Crippen molar-refractivity contribution in [1.29, 1.82) is 0 Å². The molecule has 0 fully saturated rings. The molecule has 0 aliphatic heterocycles. The van der Waals surface area contributed by atoms with E-state index in [9.17, 15) is 0 Å². The molecule has 0 aromatic heterocycles. The molecule has 0 aliphatic carbocycles. The Hall–Kier alpha value is -0.300. The summed E-state index contributed by atoms with van der Waals surface area (Å²) in [4.78, 5) is 0. The standard InChI is InChI=1S/C13H26O/c1-2-3-4-5-6-7-8-9-10-11-12-13-14/h8-9,14H,2-7,10-13H2,1H3/b9-8-. The summed E-state index contributed by atoms with van der Waals surface area (Å²) in [7, 11) is 0. The average molecular weight is 198 g/mol. The maximum absolute atomic E-state index is 8.57. The van der Waals surface area contributed by atoms with Gasteiger partial charge in [-0.1, -0.05) is 44.8 Å². The highest BCUT2D eigenvalue weighted by atomic mass is 16.2. The van der Waals surface area contributed by atoms with Gasteiger partial charge in [-0.05, 0) is 32.1 Å². The van der Waals surface area contributed by atoms with Crippen LogP contribution in [0.5, 0.6) is 0 Å². The number of unbranched alkanes of at least 4 members (excludes halogenated alkanes) is 7. The van der Waals surface area contributed by atoms with Crippen LogP contribution in [0.2, 0.25) is 0 Å². The van der Waals surface area contributed by atoms with Crippen molar-refractivity contribution in [2.45, 2.75) is 64.7 Å². The van der Waals surface area contributed by atoms with E-state index in [1.54, 1.807) is 0 Å². The fraction of sp³-hybridized carbons (Fsp3) is 0.846. The second-order valence-electron chi connectivity index (χ2n) is 3.89. The molecule has 1 heteroatoms. The van der Waals surface area contributed by atoms with Gasteiger partial charge < -0.3 is 5.11 Å². The van der Waals surface area contributed by atoms with Crippen molar-refractivity contribution in [2.75, 3.05) is 6.61 Å². The van der Waals surface area contributed by atoms with Crippen LogP contribution >= 0.6 is 0 Å². The third kappa shape index (κ3) is 11.7. The van der Waals surface area contributed by atoms with Gasteiger partial charge in [-0.3, -0.25) is 0 Å². The zero-order valence-corrected chi connectivity index (χ0v) is 9.67. The molecule has 14 heavy (non-hydrogen) atoms. The quantitative estimate of drug-likeness (QED) is 0.414. The predicted octanol–water partition coefficient (Wildman–Crippen LogP) is 4.07. The Bertz CT molecular complexity index is 118. The molecule has 1 nitrogen and oxygen atoms in total. The van der Waals surface area contributed by atoms with Crippen molar-refractivity contribution in [2.24, 2.45) is 0 Å². The van der Waals surface area contributed by atoms with Crippen LogP contribution in [0.25, 0.3) is 0 Å². The summed E-state index contributed by atoms with van der Waals surface area (Å²) < 4.78 is 0. The molecule has 0 heterocycles. The summed E-state index contributed by atoms with van der Waals surface area (Å²) in [6.45, 7) is 2.59. The fourth-order valence-corrected chi connectivity index (χ4v) is 1.48. The molecule has 0 saturated heterocycles. The minimum Gasteiger partial charge on any atom is -0.396 e. The Kier molecular flexibility index (Phi) is 12.4. The summed E-state index contributed by atoms with van der Waals surface area (Å²) in [6, 6.07) is 0. The predicted molar refractivity (Wildman–Crippen MR) is 63.5 cm³/mol. The van der Waals surface area contributed by atoms with E-state index in [4.69, 9.17) is 5.11 Å². The smallest absolute Gasteiger partial charge is 0.0431 e. The van der Waals surface area contributed by atoms with E-state index in [1.165, 1.54) is 38.5 Å². The van der Waals surface area contributed by atoms with E-state index >= 15 is 0 Å². The van der Waals surface area contributed by atoms with Gasteiger partial charge in [0.25, 0.3) is 0 Å². The van der Waals surface area contributed by atoms with Crippen LogP contribution in [0.3, 0.4) is 0 Å². The number of aliphatic hydroxyl groups is 1. The van der Waals surface area contributed by atoms with Gasteiger partial charge in [0.2, 0.25) is 0 Å². The maximum Gasteiger partial charge on any atom is 0.0431 e. The van der Waals surface area contributed by atoms with E-state index in [0.29, 0.717) is 6.61 Å². The summed E-state index contributed by atoms with van der Waals surface area (Å²) >= 11 is 0. The lowest BCUT2D eigenvalue weighted by Gasteiger charge is -1.96. The number of allylic oxidation sites excluding steroid dienone is 2.